The molecule has 1 aromatic heterocycles. The van der Waals surface area contributed by atoms with Crippen LogP contribution in [0, 0.1) is 19.7 Å². The number of aromatic amines is 1. The molecule has 6 nitrogen and oxygen atoms in total. The molecule has 24 heavy (non-hydrogen) atoms. The van der Waals surface area contributed by atoms with E-state index in [1.54, 1.807) is 0 Å². The molecule has 0 saturated carbocycles. The third-order valence-electron chi connectivity index (χ3n) is 4.30. The molecule has 130 valence electrons. The summed E-state index contributed by atoms with van der Waals surface area (Å²) in [6, 6.07) is 5.60. The number of H-pyrrole nitrogens is 1. The second-order valence-electron chi connectivity index (χ2n) is 6.05. The highest BCUT2D eigenvalue weighted by Crippen LogP contribution is 2.24. The molecule has 1 aliphatic rings. The maximum Gasteiger partial charge on any atom is 0.218 e. The average Bonchev–Trinajstić information content (AvgIpc) is 2.88. The van der Waals surface area contributed by atoms with Crippen LogP contribution >= 0.6 is 0 Å². The summed E-state index contributed by atoms with van der Waals surface area (Å²) in [6.07, 6.45) is 0. The van der Waals surface area contributed by atoms with Gasteiger partial charge in [-0.1, -0.05) is 12.1 Å². The van der Waals surface area contributed by atoms with Gasteiger partial charge in [0.2, 0.25) is 10.0 Å². The van der Waals surface area contributed by atoms with E-state index in [0.717, 1.165) is 17.1 Å². The molecule has 2 aromatic rings. The number of aryl methyl sites for hydroxylation is 2. The van der Waals surface area contributed by atoms with Crippen molar-refractivity contribution in [2.45, 2.75) is 19.6 Å². The molecule has 1 fully saturated rings. The molecule has 0 atom stereocenters. The number of piperazine rings is 1. The number of sulfonamides is 1. The molecular weight excluding hydrogens is 331 g/mol. The van der Waals surface area contributed by atoms with Crippen LogP contribution in [0.3, 0.4) is 0 Å². The monoisotopic (exact) mass is 352 g/mol. The Balaban J connectivity index is 1.66. The number of benzene rings is 1. The first-order chi connectivity index (χ1) is 11.4. The summed E-state index contributed by atoms with van der Waals surface area (Å²) >= 11 is 0. The van der Waals surface area contributed by atoms with Gasteiger partial charge < -0.3 is 4.90 Å². The summed E-state index contributed by atoms with van der Waals surface area (Å²) in [4.78, 5) is 2.16. The van der Waals surface area contributed by atoms with E-state index in [1.165, 1.54) is 28.6 Å². The molecular formula is C16H21FN4O2S. The lowest BCUT2D eigenvalue weighted by atomic mass is 10.2. The van der Waals surface area contributed by atoms with Gasteiger partial charge in [0.15, 0.2) is 0 Å². The number of halogens is 1. The first-order valence-electron chi connectivity index (χ1n) is 7.85. The highest BCUT2D eigenvalue weighted by Gasteiger charge is 2.28. The minimum atomic E-state index is -3.40. The van der Waals surface area contributed by atoms with Gasteiger partial charge in [0.1, 0.15) is 5.82 Å². The predicted octanol–water partition coefficient (Wildman–Crippen LogP) is 1.82. The van der Waals surface area contributed by atoms with Crippen molar-refractivity contribution < 1.29 is 12.8 Å². The number of anilines is 1. The van der Waals surface area contributed by atoms with Crippen LogP contribution in [0.5, 0.6) is 0 Å². The number of nitrogens with one attached hydrogen (secondary N) is 1. The summed E-state index contributed by atoms with van der Waals surface area (Å²) in [5.41, 5.74) is 3.58. The lowest BCUT2D eigenvalue weighted by Crippen LogP contribution is -2.49. The molecule has 1 N–H and O–H groups in total. The molecule has 0 unspecified atom stereocenters. The van der Waals surface area contributed by atoms with Gasteiger partial charge in [0.05, 0.1) is 22.8 Å². The number of nitrogens with zero attached hydrogens (tertiary/aromatic N) is 3. The maximum atomic E-state index is 12.9. The van der Waals surface area contributed by atoms with Crippen LogP contribution in [0.15, 0.2) is 24.3 Å². The number of rotatable bonds is 4. The Hall–Kier alpha value is -1.93. The van der Waals surface area contributed by atoms with Gasteiger partial charge in [-0.25, -0.2) is 12.8 Å². The van der Waals surface area contributed by atoms with E-state index < -0.39 is 10.0 Å². The fourth-order valence-corrected chi connectivity index (χ4v) is 4.60. The molecule has 1 aromatic carbocycles. The largest absolute Gasteiger partial charge is 0.366 e. The standard InChI is InChI=1S/C16H21FN4O2S/c1-12-16(13(2)19-18-12)20-7-9-21(10-8-20)24(22,23)11-14-3-5-15(17)6-4-14/h3-6H,7-11H2,1-2H3,(H,18,19). The molecule has 0 bridgehead atoms. The molecule has 1 saturated heterocycles. The smallest absolute Gasteiger partial charge is 0.218 e. The number of hydrogen-bond acceptors (Lipinski definition) is 4. The highest BCUT2D eigenvalue weighted by atomic mass is 32.2. The zero-order chi connectivity index (χ0) is 17.3. The summed E-state index contributed by atoms with van der Waals surface area (Å²) in [5.74, 6) is -0.465. The van der Waals surface area contributed by atoms with Gasteiger partial charge in [0, 0.05) is 26.2 Å². The van der Waals surface area contributed by atoms with Gasteiger partial charge in [-0.15, -0.1) is 0 Å². The summed E-state index contributed by atoms with van der Waals surface area (Å²) in [5, 5.41) is 7.15. The van der Waals surface area contributed by atoms with Crippen molar-refractivity contribution >= 4 is 15.7 Å². The average molecular weight is 352 g/mol. The Morgan fingerprint density at radius 3 is 2.29 bits per heavy atom. The van der Waals surface area contributed by atoms with E-state index in [9.17, 15) is 12.8 Å². The van der Waals surface area contributed by atoms with E-state index in [2.05, 4.69) is 15.1 Å². The maximum absolute atomic E-state index is 12.9. The van der Waals surface area contributed by atoms with Crippen molar-refractivity contribution in [3.63, 3.8) is 0 Å². The van der Waals surface area contributed by atoms with Crippen LogP contribution in [0.4, 0.5) is 10.1 Å². The summed E-state index contributed by atoms with van der Waals surface area (Å²) < 4.78 is 39.6. The first kappa shape index (κ1) is 16.9. The molecule has 3 rings (SSSR count). The second-order valence-corrected chi connectivity index (χ2v) is 8.02. The van der Waals surface area contributed by atoms with Crippen LogP contribution in [0.25, 0.3) is 0 Å². The first-order valence-corrected chi connectivity index (χ1v) is 9.46. The van der Waals surface area contributed by atoms with Crippen LogP contribution in [-0.4, -0.2) is 49.1 Å². The van der Waals surface area contributed by atoms with Gasteiger partial charge >= 0.3 is 0 Å². The Morgan fingerprint density at radius 2 is 1.75 bits per heavy atom. The SMILES string of the molecule is Cc1n[nH]c(C)c1N1CCN(S(=O)(=O)Cc2ccc(F)cc2)CC1. The molecule has 0 spiro atoms. The molecule has 2 heterocycles. The van der Waals surface area contributed by atoms with E-state index in [-0.39, 0.29) is 11.6 Å². The molecule has 0 radical (unpaired) electrons. The number of hydrogen-bond donors (Lipinski definition) is 1. The molecule has 0 amide bonds. The molecule has 8 heteroatoms. The fraction of sp³-hybridized carbons (Fsp3) is 0.438. The normalized spacial score (nSPS) is 16.5. The zero-order valence-electron chi connectivity index (χ0n) is 13.8. The minimum Gasteiger partial charge on any atom is -0.366 e. The van der Waals surface area contributed by atoms with E-state index in [1.807, 2.05) is 13.8 Å². The minimum absolute atomic E-state index is 0.100. The summed E-state index contributed by atoms with van der Waals surface area (Å²) in [6.45, 7) is 6.04. The van der Waals surface area contributed by atoms with Crippen LogP contribution in [0.1, 0.15) is 17.0 Å². The lowest BCUT2D eigenvalue weighted by molar-refractivity contribution is 0.384. The number of aromatic nitrogens is 2. The van der Waals surface area contributed by atoms with Crippen LogP contribution in [0.2, 0.25) is 0 Å². The van der Waals surface area contributed by atoms with Crippen LogP contribution < -0.4 is 4.90 Å². The van der Waals surface area contributed by atoms with Gasteiger partial charge in [0.25, 0.3) is 0 Å². The van der Waals surface area contributed by atoms with Gasteiger partial charge in [-0.2, -0.15) is 9.40 Å². The molecule has 0 aliphatic carbocycles. The van der Waals surface area contributed by atoms with Crippen molar-refractivity contribution in [1.82, 2.24) is 14.5 Å². The fourth-order valence-electron chi connectivity index (χ4n) is 3.08. The zero-order valence-corrected chi connectivity index (χ0v) is 14.6. The quantitative estimate of drug-likeness (QED) is 0.911. The third-order valence-corrected chi connectivity index (χ3v) is 6.15. The van der Waals surface area contributed by atoms with Crippen molar-refractivity contribution in [2.75, 3.05) is 31.1 Å². The molecule has 1 aliphatic heterocycles. The van der Waals surface area contributed by atoms with Gasteiger partial charge in [-0.05, 0) is 31.5 Å². The lowest BCUT2D eigenvalue weighted by Gasteiger charge is -2.35. The van der Waals surface area contributed by atoms with Crippen LogP contribution in [-0.2, 0) is 15.8 Å². The Morgan fingerprint density at radius 1 is 1.12 bits per heavy atom. The van der Waals surface area contributed by atoms with Gasteiger partial charge in [-0.3, -0.25) is 5.10 Å². The van der Waals surface area contributed by atoms with E-state index in [0.29, 0.717) is 31.7 Å². The van der Waals surface area contributed by atoms with Crippen molar-refractivity contribution in [3.8, 4) is 0 Å². The van der Waals surface area contributed by atoms with E-state index in [4.69, 9.17) is 0 Å². The summed E-state index contributed by atoms with van der Waals surface area (Å²) in [7, 11) is -3.40. The van der Waals surface area contributed by atoms with Crippen molar-refractivity contribution in [1.29, 1.82) is 0 Å². The Labute approximate surface area is 141 Å². The third kappa shape index (κ3) is 3.44. The van der Waals surface area contributed by atoms with Crippen molar-refractivity contribution in [3.05, 3.63) is 47.0 Å². The topological polar surface area (TPSA) is 69.3 Å². The van der Waals surface area contributed by atoms with Crippen molar-refractivity contribution in [2.24, 2.45) is 0 Å². The highest BCUT2D eigenvalue weighted by molar-refractivity contribution is 7.88. The Kier molecular flexibility index (Phi) is 4.60. The van der Waals surface area contributed by atoms with E-state index >= 15 is 0 Å². The predicted molar refractivity (Wildman–Crippen MR) is 90.9 cm³/mol. The second kappa shape index (κ2) is 6.52. The Bertz CT molecular complexity index is 790.